The molecule has 0 saturated heterocycles. The number of carbonyl (C=O) groups excluding carboxylic acids is 1. The fraction of sp³-hybridized carbons (Fsp3) is 0.167. The van der Waals surface area contributed by atoms with Gasteiger partial charge in [0.2, 0.25) is 0 Å². The lowest BCUT2D eigenvalue weighted by Gasteiger charge is -2.43. The Labute approximate surface area is 188 Å². The zero-order valence-corrected chi connectivity index (χ0v) is 17.5. The fourth-order valence-electron chi connectivity index (χ4n) is 4.75. The Kier molecular flexibility index (Phi) is 3.97. The number of benzene rings is 3. The van der Waals surface area contributed by atoms with E-state index >= 15 is 0 Å². The van der Waals surface area contributed by atoms with Gasteiger partial charge in [0, 0.05) is 24.1 Å². The summed E-state index contributed by atoms with van der Waals surface area (Å²) >= 11 is 0. The Hall–Kier alpha value is -4.40. The maximum atomic E-state index is 13.4. The van der Waals surface area contributed by atoms with Crippen LogP contribution in [0.25, 0.3) is 0 Å². The molecule has 164 valence electrons. The zero-order chi connectivity index (χ0) is 22.7. The van der Waals surface area contributed by atoms with E-state index in [1.165, 1.54) is 18.2 Å². The number of carbonyl (C=O) groups is 1. The smallest absolute Gasteiger partial charge is 0.306 e. The van der Waals surface area contributed by atoms with Gasteiger partial charge < -0.3 is 14.8 Å². The summed E-state index contributed by atoms with van der Waals surface area (Å²) in [5, 5.41) is 20.8. The molecule has 0 unspecified atom stereocenters. The Morgan fingerprint density at radius 1 is 1.18 bits per heavy atom. The SMILES string of the molecule is COc1ccc(C2=NN3[C@@H](C2)c2ccccc2O[C@@]32C(=O)Nc3ccc([N+](=O)[O-])cc32)cc1. The highest BCUT2D eigenvalue weighted by molar-refractivity contribution is 6.07. The number of rotatable bonds is 3. The minimum absolute atomic E-state index is 0.123. The third-order valence-corrected chi connectivity index (χ3v) is 6.33. The molecule has 9 nitrogen and oxygen atoms in total. The van der Waals surface area contributed by atoms with Gasteiger partial charge in [-0.1, -0.05) is 18.2 Å². The molecule has 1 spiro atoms. The summed E-state index contributed by atoms with van der Waals surface area (Å²) in [4.78, 5) is 24.4. The van der Waals surface area contributed by atoms with Crippen molar-refractivity contribution < 1.29 is 19.2 Å². The summed E-state index contributed by atoms with van der Waals surface area (Å²) in [7, 11) is 1.61. The number of non-ortho nitro benzene ring substituents is 1. The normalized spacial score (nSPS) is 22.1. The Balaban J connectivity index is 1.54. The Morgan fingerprint density at radius 2 is 1.97 bits per heavy atom. The molecule has 0 fully saturated rings. The second-order valence-electron chi connectivity index (χ2n) is 8.06. The largest absolute Gasteiger partial charge is 0.497 e. The number of nitrogens with zero attached hydrogens (tertiary/aromatic N) is 3. The predicted molar refractivity (Wildman–Crippen MR) is 119 cm³/mol. The van der Waals surface area contributed by atoms with Gasteiger partial charge in [-0.2, -0.15) is 5.10 Å². The lowest BCUT2D eigenvalue weighted by Crippen LogP contribution is -2.55. The zero-order valence-electron chi connectivity index (χ0n) is 17.5. The lowest BCUT2D eigenvalue weighted by atomic mass is 9.92. The molecular formula is C24H18N4O5. The van der Waals surface area contributed by atoms with E-state index < -0.39 is 16.6 Å². The highest BCUT2D eigenvalue weighted by Crippen LogP contribution is 2.54. The van der Waals surface area contributed by atoms with Crippen LogP contribution in [0.4, 0.5) is 11.4 Å². The quantitative estimate of drug-likeness (QED) is 0.486. The summed E-state index contributed by atoms with van der Waals surface area (Å²) in [5.41, 5.74) is 1.67. The van der Waals surface area contributed by atoms with Gasteiger partial charge >= 0.3 is 5.72 Å². The Morgan fingerprint density at radius 3 is 2.73 bits per heavy atom. The number of nitro benzene ring substituents is 1. The third kappa shape index (κ3) is 2.65. The highest BCUT2D eigenvalue weighted by atomic mass is 16.6. The number of nitrogens with one attached hydrogen (secondary N) is 1. The topological polar surface area (TPSA) is 106 Å². The monoisotopic (exact) mass is 442 g/mol. The van der Waals surface area contributed by atoms with Gasteiger partial charge in [0.25, 0.3) is 11.6 Å². The van der Waals surface area contributed by atoms with E-state index in [0.717, 1.165) is 22.6 Å². The standard InChI is InChI=1S/C24H18N4O5/c1-32-16-9-6-14(7-10-16)20-13-21-17-4-2-3-5-22(17)33-24(27(21)26-20)18-12-15(28(30)31)8-11-19(18)25-23(24)29/h2-12,21H,13H2,1H3,(H,25,29)/t21-,24-/m0/s1. The first-order chi connectivity index (χ1) is 16.0. The van der Waals surface area contributed by atoms with Crippen LogP contribution in [0.5, 0.6) is 11.5 Å². The number of hydrazone groups is 1. The number of nitro groups is 1. The van der Waals surface area contributed by atoms with E-state index in [0.29, 0.717) is 23.4 Å². The van der Waals surface area contributed by atoms with E-state index in [1.807, 2.05) is 48.5 Å². The number of ether oxygens (including phenoxy) is 2. The van der Waals surface area contributed by atoms with Crippen LogP contribution in [0.15, 0.2) is 71.8 Å². The summed E-state index contributed by atoms with van der Waals surface area (Å²) in [6.07, 6.45) is 0.548. The van der Waals surface area contributed by atoms with Crippen LogP contribution in [0, 0.1) is 10.1 Å². The molecule has 9 heteroatoms. The molecule has 1 N–H and O–H groups in total. The van der Waals surface area contributed by atoms with Gasteiger partial charge in [0.15, 0.2) is 0 Å². The predicted octanol–water partition coefficient (Wildman–Crippen LogP) is 3.95. The number of methoxy groups -OCH3 is 1. The molecule has 1 amide bonds. The van der Waals surface area contributed by atoms with Crippen LogP contribution in [0.3, 0.4) is 0 Å². The molecule has 3 heterocycles. The maximum absolute atomic E-state index is 13.4. The summed E-state index contributed by atoms with van der Waals surface area (Å²) in [6, 6.07) is 19.1. The van der Waals surface area contributed by atoms with E-state index in [4.69, 9.17) is 14.6 Å². The molecule has 0 aliphatic carbocycles. The van der Waals surface area contributed by atoms with Gasteiger partial charge in [0.05, 0.1) is 35.0 Å². The number of fused-ring (bicyclic) bond motifs is 6. The molecule has 0 radical (unpaired) electrons. The van der Waals surface area contributed by atoms with Crippen molar-refractivity contribution in [1.29, 1.82) is 0 Å². The van der Waals surface area contributed by atoms with Crippen LogP contribution < -0.4 is 14.8 Å². The molecule has 2 atom stereocenters. The van der Waals surface area contributed by atoms with Gasteiger partial charge in [-0.25, -0.2) is 5.01 Å². The van der Waals surface area contributed by atoms with Crippen molar-refractivity contribution in [2.24, 2.45) is 5.10 Å². The minimum atomic E-state index is -1.64. The van der Waals surface area contributed by atoms with E-state index in [9.17, 15) is 14.9 Å². The van der Waals surface area contributed by atoms with E-state index in [1.54, 1.807) is 12.1 Å². The lowest BCUT2D eigenvalue weighted by molar-refractivity contribution is -0.385. The second kappa shape index (κ2) is 6.80. The summed E-state index contributed by atoms with van der Waals surface area (Å²) in [6.45, 7) is 0. The molecule has 0 aromatic heterocycles. The van der Waals surface area contributed by atoms with Gasteiger partial charge in [-0.05, 0) is 42.0 Å². The van der Waals surface area contributed by atoms with Crippen molar-refractivity contribution in [3.8, 4) is 11.5 Å². The van der Waals surface area contributed by atoms with Gasteiger partial charge in [-0.15, -0.1) is 0 Å². The highest BCUT2D eigenvalue weighted by Gasteiger charge is 2.61. The first-order valence-corrected chi connectivity index (χ1v) is 10.4. The summed E-state index contributed by atoms with van der Waals surface area (Å²) < 4.78 is 11.6. The molecule has 0 bridgehead atoms. The van der Waals surface area contributed by atoms with Crippen LogP contribution >= 0.6 is 0 Å². The van der Waals surface area contributed by atoms with Crippen molar-refractivity contribution in [2.45, 2.75) is 18.2 Å². The number of hydrogen-bond donors (Lipinski definition) is 1. The molecule has 6 rings (SSSR count). The first kappa shape index (κ1) is 19.3. The van der Waals surface area contributed by atoms with Crippen molar-refractivity contribution in [3.63, 3.8) is 0 Å². The molecule has 3 aliphatic rings. The molecular weight excluding hydrogens is 424 g/mol. The number of anilines is 1. The third-order valence-electron chi connectivity index (χ3n) is 6.33. The average molecular weight is 442 g/mol. The van der Waals surface area contributed by atoms with Crippen LogP contribution in [0.1, 0.15) is 29.2 Å². The van der Waals surface area contributed by atoms with E-state index in [-0.39, 0.29) is 11.7 Å². The second-order valence-corrected chi connectivity index (χ2v) is 8.06. The van der Waals surface area contributed by atoms with Crippen LogP contribution in [-0.2, 0) is 10.5 Å². The maximum Gasteiger partial charge on any atom is 0.306 e. The number of hydrogen-bond acceptors (Lipinski definition) is 7. The number of para-hydroxylation sites is 1. The van der Waals surface area contributed by atoms with Crippen LogP contribution in [0.2, 0.25) is 0 Å². The van der Waals surface area contributed by atoms with Crippen LogP contribution in [-0.4, -0.2) is 28.7 Å². The molecule has 3 aromatic rings. The molecule has 33 heavy (non-hydrogen) atoms. The fourth-order valence-corrected chi connectivity index (χ4v) is 4.75. The van der Waals surface area contributed by atoms with Crippen molar-refractivity contribution >= 4 is 23.0 Å². The minimum Gasteiger partial charge on any atom is -0.497 e. The molecule has 0 saturated carbocycles. The average Bonchev–Trinajstić information content (AvgIpc) is 3.40. The van der Waals surface area contributed by atoms with E-state index in [2.05, 4.69) is 5.32 Å². The van der Waals surface area contributed by atoms with Crippen molar-refractivity contribution in [3.05, 3.63) is 93.5 Å². The first-order valence-electron chi connectivity index (χ1n) is 10.4. The number of amides is 1. The molecule has 3 aromatic carbocycles. The van der Waals surface area contributed by atoms with Gasteiger partial charge in [0.1, 0.15) is 11.5 Å². The van der Waals surface area contributed by atoms with Crippen molar-refractivity contribution in [1.82, 2.24) is 5.01 Å². The summed E-state index contributed by atoms with van der Waals surface area (Å²) in [5.74, 6) is 0.855. The molecule has 3 aliphatic heterocycles. The Bertz CT molecular complexity index is 1350. The van der Waals surface area contributed by atoms with Gasteiger partial charge in [-0.3, -0.25) is 14.9 Å². The van der Waals surface area contributed by atoms with Crippen molar-refractivity contribution in [2.75, 3.05) is 12.4 Å².